The fraction of sp³-hybridized carbons (Fsp3) is 0.440. The minimum Gasteiger partial charge on any atom is -0.493 e. The second kappa shape index (κ2) is 11.7. The van der Waals surface area contributed by atoms with E-state index in [4.69, 9.17) is 16.3 Å². The van der Waals surface area contributed by atoms with Gasteiger partial charge in [-0.15, -0.1) is 0 Å². The van der Waals surface area contributed by atoms with Crippen molar-refractivity contribution in [1.82, 2.24) is 5.32 Å². The van der Waals surface area contributed by atoms with Crippen LogP contribution in [0, 0.1) is 5.92 Å². The Bertz CT molecular complexity index is 958. The molecule has 172 valence electrons. The van der Waals surface area contributed by atoms with Gasteiger partial charge < -0.3 is 15.4 Å². The van der Waals surface area contributed by atoms with Crippen molar-refractivity contribution in [2.45, 2.75) is 58.4 Å². The van der Waals surface area contributed by atoms with Crippen molar-refractivity contribution in [3.63, 3.8) is 0 Å². The van der Waals surface area contributed by atoms with Crippen molar-refractivity contribution in [2.75, 3.05) is 11.9 Å². The van der Waals surface area contributed by atoms with Crippen molar-refractivity contribution in [1.29, 1.82) is 0 Å². The zero-order valence-electron chi connectivity index (χ0n) is 18.5. The van der Waals surface area contributed by atoms with E-state index < -0.39 is 0 Å². The predicted octanol–water partition coefficient (Wildman–Crippen LogP) is 6.84. The lowest BCUT2D eigenvalue weighted by atomic mass is 9.95. The van der Waals surface area contributed by atoms with Crippen LogP contribution in [0.5, 0.6) is 5.75 Å². The van der Waals surface area contributed by atoms with Crippen LogP contribution in [0.4, 0.5) is 5.69 Å². The number of nitrogens with one attached hydrogen (secondary N) is 2. The molecular formula is C25H30BrClN2O3. The van der Waals surface area contributed by atoms with Gasteiger partial charge in [-0.05, 0) is 61.6 Å². The highest BCUT2D eigenvalue weighted by Gasteiger charge is 2.20. The minimum atomic E-state index is -0.313. The van der Waals surface area contributed by atoms with E-state index in [0.717, 1.165) is 36.6 Å². The molecule has 0 spiro atoms. The van der Waals surface area contributed by atoms with Gasteiger partial charge in [0.1, 0.15) is 5.75 Å². The van der Waals surface area contributed by atoms with E-state index >= 15 is 0 Å². The third-order valence-corrected chi connectivity index (χ3v) is 6.37. The van der Waals surface area contributed by atoms with Crippen LogP contribution in [0.15, 0.2) is 40.9 Å². The van der Waals surface area contributed by atoms with Gasteiger partial charge in [0, 0.05) is 16.2 Å². The molecule has 0 bridgehead atoms. The summed E-state index contributed by atoms with van der Waals surface area (Å²) in [7, 11) is 0. The summed E-state index contributed by atoms with van der Waals surface area (Å²) in [6.45, 7) is 4.79. The van der Waals surface area contributed by atoms with Crippen LogP contribution >= 0.6 is 27.5 Å². The molecule has 3 rings (SSSR count). The molecule has 0 atom stereocenters. The largest absolute Gasteiger partial charge is 0.493 e. The average Bonchev–Trinajstić information content (AvgIpc) is 2.76. The number of hydrogen-bond donors (Lipinski definition) is 2. The van der Waals surface area contributed by atoms with Crippen LogP contribution in [0.2, 0.25) is 5.02 Å². The van der Waals surface area contributed by atoms with Crippen LogP contribution in [-0.2, 0) is 0 Å². The van der Waals surface area contributed by atoms with E-state index in [0.29, 0.717) is 40.1 Å². The third-order valence-electron chi connectivity index (χ3n) is 5.55. The van der Waals surface area contributed by atoms with E-state index in [1.807, 2.05) is 6.07 Å². The van der Waals surface area contributed by atoms with Crippen molar-refractivity contribution < 1.29 is 14.3 Å². The highest BCUT2D eigenvalue weighted by Crippen LogP contribution is 2.27. The second-order valence-corrected chi connectivity index (χ2v) is 9.95. The number of anilines is 1. The fourth-order valence-corrected chi connectivity index (χ4v) is 4.26. The summed E-state index contributed by atoms with van der Waals surface area (Å²) in [4.78, 5) is 25.8. The molecule has 1 saturated carbocycles. The molecule has 0 radical (unpaired) electrons. The average molecular weight is 522 g/mol. The number of benzene rings is 2. The zero-order chi connectivity index (χ0) is 23.1. The summed E-state index contributed by atoms with van der Waals surface area (Å²) < 4.78 is 6.64. The number of amides is 2. The van der Waals surface area contributed by atoms with E-state index in [9.17, 15) is 9.59 Å². The first-order chi connectivity index (χ1) is 15.3. The monoisotopic (exact) mass is 520 g/mol. The number of hydrogen-bond acceptors (Lipinski definition) is 3. The molecule has 0 saturated heterocycles. The van der Waals surface area contributed by atoms with Crippen molar-refractivity contribution in [3.8, 4) is 5.75 Å². The zero-order valence-corrected chi connectivity index (χ0v) is 20.9. The maximum Gasteiger partial charge on any atom is 0.259 e. The summed E-state index contributed by atoms with van der Waals surface area (Å²) in [6.07, 6.45) is 6.34. The Morgan fingerprint density at radius 1 is 1.06 bits per heavy atom. The first-order valence-corrected chi connectivity index (χ1v) is 12.3. The topological polar surface area (TPSA) is 67.4 Å². The molecule has 2 amide bonds. The van der Waals surface area contributed by atoms with Gasteiger partial charge in [-0.25, -0.2) is 0 Å². The van der Waals surface area contributed by atoms with Crippen LogP contribution < -0.4 is 15.4 Å². The van der Waals surface area contributed by atoms with E-state index in [1.54, 1.807) is 30.3 Å². The van der Waals surface area contributed by atoms with Gasteiger partial charge in [0.15, 0.2) is 0 Å². The van der Waals surface area contributed by atoms with Crippen LogP contribution in [0.25, 0.3) is 0 Å². The van der Waals surface area contributed by atoms with Gasteiger partial charge in [0.05, 0.1) is 22.8 Å². The number of rotatable bonds is 8. The Hall–Kier alpha value is -2.05. The predicted molar refractivity (Wildman–Crippen MR) is 133 cm³/mol. The molecule has 0 aliphatic heterocycles. The quantitative estimate of drug-likeness (QED) is 0.399. The Labute approximate surface area is 203 Å². The van der Waals surface area contributed by atoms with Gasteiger partial charge in [-0.1, -0.05) is 60.6 Å². The lowest BCUT2D eigenvalue weighted by molar-refractivity contribution is 0.0926. The Balaban J connectivity index is 1.73. The fourth-order valence-electron chi connectivity index (χ4n) is 3.70. The molecule has 0 unspecified atom stereocenters. The van der Waals surface area contributed by atoms with Gasteiger partial charge in [0.25, 0.3) is 11.8 Å². The highest BCUT2D eigenvalue weighted by molar-refractivity contribution is 9.10. The molecule has 5 nitrogen and oxygen atoms in total. The standard InChI is InChI=1S/C25H30BrClN2O3/c1-16(2)12-13-32-23-11-8-17(26)14-21(23)25(31)29-19-9-10-22(27)20(15-19)24(30)28-18-6-4-3-5-7-18/h8-11,14-16,18H,3-7,12-13H2,1-2H3,(H,28,30)(H,29,31). The molecular weight excluding hydrogens is 492 g/mol. The van der Waals surface area contributed by atoms with Gasteiger partial charge in [0.2, 0.25) is 0 Å². The Kier molecular flexibility index (Phi) is 9.00. The molecule has 0 heterocycles. The molecule has 1 fully saturated rings. The number of carbonyl (C=O) groups excluding carboxylic acids is 2. The lowest BCUT2D eigenvalue weighted by Crippen LogP contribution is -2.36. The molecule has 0 aromatic heterocycles. The smallest absolute Gasteiger partial charge is 0.259 e. The van der Waals surface area contributed by atoms with Gasteiger partial charge in [-0.3, -0.25) is 9.59 Å². The van der Waals surface area contributed by atoms with Crippen LogP contribution in [0.3, 0.4) is 0 Å². The Morgan fingerprint density at radius 2 is 1.81 bits per heavy atom. The first kappa shape index (κ1) is 24.6. The second-order valence-electron chi connectivity index (χ2n) is 8.63. The van der Waals surface area contributed by atoms with E-state index in [1.165, 1.54) is 6.42 Å². The maximum atomic E-state index is 13.0. The summed E-state index contributed by atoms with van der Waals surface area (Å²) in [5, 5.41) is 6.31. The number of ether oxygens (including phenoxy) is 1. The summed E-state index contributed by atoms with van der Waals surface area (Å²) in [5.41, 5.74) is 1.28. The number of carbonyl (C=O) groups is 2. The highest BCUT2D eigenvalue weighted by atomic mass is 79.9. The molecule has 1 aliphatic carbocycles. The van der Waals surface area contributed by atoms with Crippen molar-refractivity contribution in [2.24, 2.45) is 5.92 Å². The summed E-state index contributed by atoms with van der Waals surface area (Å²) in [5.74, 6) is 0.510. The van der Waals surface area contributed by atoms with Gasteiger partial charge >= 0.3 is 0 Å². The molecule has 2 N–H and O–H groups in total. The molecule has 1 aliphatic rings. The molecule has 2 aromatic carbocycles. The summed E-state index contributed by atoms with van der Waals surface area (Å²) >= 11 is 9.71. The third kappa shape index (κ3) is 6.97. The maximum absolute atomic E-state index is 13.0. The number of halogens is 2. The summed E-state index contributed by atoms with van der Waals surface area (Å²) in [6, 6.07) is 10.5. The van der Waals surface area contributed by atoms with Gasteiger partial charge in [-0.2, -0.15) is 0 Å². The molecule has 2 aromatic rings. The molecule has 7 heteroatoms. The SMILES string of the molecule is CC(C)CCOc1ccc(Br)cc1C(=O)Nc1ccc(Cl)c(C(=O)NC2CCCCC2)c1. The van der Waals surface area contributed by atoms with Crippen molar-refractivity contribution in [3.05, 3.63) is 57.0 Å². The van der Waals surface area contributed by atoms with Crippen molar-refractivity contribution >= 4 is 45.0 Å². The van der Waals surface area contributed by atoms with E-state index in [2.05, 4.69) is 40.4 Å². The minimum absolute atomic E-state index is 0.178. The normalized spacial score (nSPS) is 14.3. The van der Waals surface area contributed by atoms with Crippen LogP contribution in [0.1, 0.15) is 73.1 Å². The Morgan fingerprint density at radius 3 is 2.53 bits per heavy atom. The lowest BCUT2D eigenvalue weighted by Gasteiger charge is -2.23. The van der Waals surface area contributed by atoms with E-state index in [-0.39, 0.29) is 17.9 Å². The molecule has 32 heavy (non-hydrogen) atoms. The van der Waals surface area contributed by atoms with Crippen LogP contribution in [-0.4, -0.2) is 24.5 Å². The first-order valence-electron chi connectivity index (χ1n) is 11.2.